The van der Waals surface area contributed by atoms with Crippen molar-refractivity contribution in [3.8, 4) is 22.6 Å². The molecule has 0 unspecified atom stereocenters. The highest BCUT2D eigenvalue weighted by atomic mass is 19.4. The average Bonchev–Trinajstić information content (AvgIpc) is 3.39. The average molecular weight is 524 g/mol. The van der Waals surface area contributed by atoms with Gasteiger partial charge >= 0.3 is 6.18 Å². The van der Waals surface area contributed by atoms with Crippen LogP contribution in [0.1, 0.15) is 26.5 Å². The van der Waals surface area contributed by atoms with Crippen LogP contribution in [-0.2, 0) is 11.3 Å². The molecule has 0 saturated carbocycles. The van der Waals surface area contributed by atoms with Crippen LogP contribution in [0, 0.1) is 0 Å². The molecule has 0 bridgehead atoms. The van der Waals surface area contributed by atoms with Crippen molar-refractivity contribution in [2.45, 2.75) is 12.6 Å². The molecule has 0 aliphatic rings. The summed E-state index contributed by atoms with van der Waals surface area (Å²) < 4.78 is 44.3. The Kier molecular flexibility index (Phi) is 7.77. The van der Waals surface area contributed by atoms with Gasteiger partial charge in [-0.05, 0) is 47.5 Å². The number of halogens is 3. The monoisotopic (exact) mass is 524 g/mol. The number of alkyl halides is 3. The Morgan fingerprint density at radius 1 is 1.00 bits per heavy atom. The van der Waals surface area contributed by atoms with Crippen molar-refractivity contribution in [1.82, 2.24) is 15.3 Å². The van der Waals surface area contributed by atoms with Gasteiger partial charge in [-0.3, -0.25) is 19.4 Å². The zero-order valence-electron chi connectivity index (χ0n) is 20.4. The number of nitrogens with one attached hydrogen (secondary N) is 2. The van der Waals surface area contributed by atoms with E-state index in [2.05, 4.69) is 15.3 Å². The summed E-state index contributed by atoms with van der Waals surface area (Å²) in [5, 5.41) is 3.42. The van der Waals surface area contributed by atoms with E-state index in [9.17, 15) is 22.8 Å². The molecule has 2 heterocycles. The van der Waals surface area contributed by atoms with Gasteiger partial charge < -0.3 is 15.0 Å². The molecule has 0 aliphatic carbocycles. The molecule has 2 aromatic carbocycles. The molecule has 11 heteroatoms. The van der Waals surface area contributed by atoms with Crippen molar-refractivity contribution >= 4 is 17.5 Å². The van der Waals surface area contributed by atoms with Crippen molar-refractivity contribution in [3.63, 3.8) is 0 Å². The van der Waals surface area contributed by atoms with Crippen LogP contribution < -0.4 is 15.1 Å². The molecular weight excluding hydrogens is 501 g/mol. The molecule has 2 amide bonds. The minimum Gasteiger partial charge on any atom is -0.457 e. The number of benzene rings is 2. The number of hydrogen-bond acceptors (Lipinski definition) is 5. The molecular formula is C27H23F3N4O4. The minimum absolute atomic E-state index is 0.00507. The van der Waals surface area contributed by atoms with Gasteiger partial charge in [0, 0.05) is 31.1 Å². The van der Waals surface area contributed by atoms with Gasteiger partial charge in [-0.1, -0.05) is 24.3 Å². The van der Waals surface area contributed by atoms with E-state index in [0.717, 1.165) is 10.6 Å². The molecule has 196 valence electrons. The number of hydrogen-bond donors (Lipinski definition) is 2. The zero-order valence-corrected chi connectivity index (χ0v) is 20.4. The Morgan fingerprint density at radius 3 is 2.50 bits per heavy atom. The summed E-state index contributed by atoms with van der Waals surface area (Å²) >= 11 is 0. The van der Waals surface area contributed by atoms with E-state index < -0.39 is 18.5 Å². The molecule has 4 rings (SSSR count). The van der Waals surface area contributed by atoms with Gasteiger partial charge in [0.1, 0.15) is 22.9 Å². The number of anilines is 1. The second-order valence-corrected chi connectivity index (χ2v) is 8.13. The molecule has 0 radical (unpaired) electrons. The van der Waals surface area contributed by atoms with E-state index >= 15 is 0 Å². The number of rotatable bonds is 8. The molecule has 38 heavy (non-hydrogen) atoms. The third-order valence-corrected chi connectivity index (χ3v) is 5.42. The lowest BCUT2D eigenvalue weighted by atomic mass is 10.1. The summed E-state index contributed by atoms with van der Waals surface area (Å²) in [6.45, 7) is 0. The predicted molar refractivity (Wildman–Crippen MR) is 134 cm³/mol. The topological polar surface area (TPSA) is 96.5 Å². The smallest absolute Gasteiger partial charge is 0.393 e. The molecule has 0 fully saturated rings. The van der Waals surface area contributed by atoms with Crippen molar-refractivity contribution < 1.29 is 32.3 Å². The third kappa shape index (κ3) is 6.37. The fraction of sp³-hybridized carbons (Fsp3) is 0.148. The molecule has 2 aromatic heterocycles. The van der Waals surface area contributed by atoms with Crippen LogP contribution >= 0.6 is 0 Å². The first-order chi connectivity index (χ1) is 18.2. The van der Waals surface area contributed by atoms with E-state index in [0.29, 0.717) is 17.1 Å². The van der Waals surface area contributed by atoms with Crippen molar-refractivity contribution in [2.24, 2.45) is 0 Å². The number of nitrogens with zero attached hydrogens (tertiary/aromatic N) is 2. The van der Waals surface area contributed by atoms with Gasteiger partial charge in [0.05, 0.1) is 19.2 Å². The quantitative estimate of drug-likeness (QED) is 0.295. The number of ether oxygens (including phenoxy) is 1. The molecule has 0 spiro atoms. The number of aromatic amines is 1. The fourth-order valence-electron chi connectivity index (χ4n) is 3.73. The van der Waals surface area contributed by atoms with Gasteiger partial charge in [0.2, 0.25) is 0 Å². The van der Waals surface area contributed by atoms with E-state index in [-0.39, 0.29) is 28.5 Å². The van der Waals surface area contributed by atoms with Gasteiger partial charge in [-0.25, -0.2) is 0 Å². The van der Waals surface area contributed by atoms with Crippen molar-refractivity contribution in [3.05, 3.63) is 96.1 Å². The normalized spacial score (nSPS) is 11.2. The Morgan fingerprint density at radius 2 is 1.76 bits per heavy atom. The number of carbonyl (C=O) groups excluding carboxylic acids is 2. The van der Waals surface area contributed by atoms with Gasteiger partial charge in [-0.15, -0.1) is 0 Å². The van der Waals surface area contributed by atoms with Crippen molar-refractivity contribution in [1.29, 1.82) is 0 Å². The van der Waals surface area contributed by atoms with Gasteiger partial charge in [0.25, 0.3) is 11.8 Å². The van der Waals surface area contributed by atoms with Crippen molar-refractivity contribution in [2.75, 3.05) is 19.2 Å². The molecule has 4 aromatic rings. The zero-order chi connectivity index (χ0) is 27.3. The first-order valence-corrected chi connectivity index (χ1v) is 11.4. The van der Waals surface area contributed by atoms with E-state index in [1.807, 2.05) is 6.07 Å². The Bertz CT molecular complexity index is 1450. The number of carbonyl (C=O) groups is 2. The lowest BCUT2D eigenvalue weighted by molar-refractivity contribution is -0.127. The number of hydroxylamine groups is 1. The lowest BCUT2D eigenvalue weighted by Gasteiger charge is -2.20. The maximum atomic E-state index is 13.1. The van der Waals surface area contributed by atoms with Crippen LogP contribution in [0.15, 0.2) is 79.1 Å². The highest BCUT2D eigenvalue weighted by Gasteiger charge is 2.28. The minimum atomic E-state index is -4.38. The fourth-order valence-corrected chi connectivity index (χ4v) is 3.73. The molecule has 8 nitrogen and oxygen atoms in total. The summed E-state index contributed by atoms with van der Waals surface area (Å²) in [6.07, 6.45) is -2.41. The Hall–Kier alpha value is -4.64. The first-order valence-electron chi connectivity index (χ1n) is 11.4. The standard InChI is InChI=1S/C27H23F3N4O4/c1-31-25(35)23-14-22(9-10-32-23)38-21-8-4-6-18(12-21)19-13-24(33-16-19)26(36)34(37-2)20-7-3-5-17(11-20)15-27(28,29)30/h3-14,16,33H,15H2,1-2H3,(H,31,35). The molecule has 0 aliphatic heterocycles. The van der Waals surface area contributed by atoms with Gasteiger partial charge in [0.15, 0.2) is 0 Å². The summed E-state index contributed by atoms with van der Waals surface area (Å²) in [4.78, 5) is 37.1. The highest BCUT2D eigenvalue weighted by molar-refractivity contribution is 6.04. The molecule has 2 N–H and O–H groups in total. The second kappa shape index (κ2) is 11.2. The molecule has 0 saturated heterocycles. The van der Waals surface area contributed by atoms with E-state index in [1.165, 1.54) is 50.7 Å². The number of H-pyrrole nitrogens is 1. The van der Waals surface area contributed by atoms with Crippen LogP contribution in [0.4, 0.5) is 18.9 Å². The largest absolute Gasteiger partial charge is 0.457 e. The summed E-state index contributed by atoms with van der Waals surface area (Å²) in [5.74, 6) is -0.0189. The lowest BCUT2D eigenvalue weighted by Crippen LogP contribution is -2.30. The number of amides is 2. The number of pyridine rings is 1. The highest BCUT2D eigenvalue weighted by Crippen LogP contribution is 2.29. The second-order valence-electron chi connectivity index (χ2n) is 8.13. The van der Waals surface area contributed by atoms with E-state index in [4.69, 9.17) is 9.57 Å². The predicted octanol–water partition coefficient (Wildman–Crippen LogP) is 5.54. The van der Waals surface area contributed by atoms with Crippen LogP contribution in [0.5, 0.6) is 11.5 Å². The Balaban J connectivity index is 1.53. The van der Waals surface area contributed by atoms with Crippen LogP contribution in [0.3, 0.4) is 0 Å². The third-order valence-electron chi connectivity index (χ3n) is 5.42. The summed E-state index contributed by atoms with van der Waals surface area (Å²) in [5.41, 5.74) is 1.95. The summed E-state index contributed by atoms with van der Waals surface area (Å²) in [7, 11) is 2.77. The maximum absolute atomic E-state index is 13.1. The summed E-state index contributed by atoms with van der Waals surface area (Å²) in [6, 6.07) is 17.3. The van der Waals surface area contributed by atoms with Crippen LogP contribution in [0.2, 0.25) is 0 Å². The van der Waals surface area contributed by atoms with Crippen LogP contribution in [-0.4, -0.2) is 42.1 Å². The first kappa shape index (κ1) is 26.4. The number of aromatic nitrogens is 2. The van der Waals surface area contributed by atoms with Crippen LogP contribution in [0.25, 0.3) is 11.1 Å². The molecule has 0 atom stereocenters. The SMILES string of the molecule is CNC(=O)c1cc(Oc2cccc(-c3c[nH]c(C(=O)N(OC)c4cccc(CC(F)(F)F)c4)c3)c2)ccn1. The maximum Gasteiger partial charge on any atom is 0.393 e. The van der Waals surface area contributed by atoms with Gasteiger partial charge in [-0.2, -0.15) is 18.2 Å². The van der Waals surface area contributed by atoms with E-state index in [1.54, 1.807) is 36.5 Å². The Labute approximate surface area is 216 Å².